The number of hydrogen-bond donors (Lipinski definition) is 0. The number of fused-ring (bicyclic) bond motifs is 9. The van der Waals surface area contributed by atoms with Crippen LogP contribution in [0.4, 0.5) is 0 Å². The molecule has 0 aliphatic heterocycles. The fraction of sp³-hybridized carbons (Fsp3) is 0. The minimum Gasteiger partial charge on any atom is -0.456 e. The van der Waals surface area contributed by atoms with Crippen LogP contribution in [0.2, 0.25) is 0 Å². The van der Waals surface area contributed by atoms with E-state index < -0.39 is 0 Å². The second-order valence-electron chi connectivity index (χ2n) is 11.5. The summed E-state index contributed by atoms with van der Waals surface area (Å²) < 4.78 is 14.9. The molecular formula is C40H21N3O3S. The Kier molecular flexibility index (Phi) is 5.50. The Labute approximate surface area is 270 Å². The summed E-state index contributed by atoms with van der Waals surface area (Å²) >= 11 is 1.71. The molecule has 4 heterocycles. The molecule has 7 heteroatoms. The van der Waals surface area contributed by atoms with Crippen molar-refractivity contribution in [1.29, 1.82) is 0 Å². The number of benzene rings is 6. The first-order valence-corrected chi connectivity index (χ1v) is 16.0. The fourth-order valence-corrected chi connectivity index (χ4v) is 7.72. The van der Waals surface area contributed by atoms with Crippen LogP contribution in [-0.4, -0.2) is 15.0 Å². The van der Waals surface area contributed by atoms with Gasteiger partial charge in [0.25, 0.3) is 0 Å². The van der Waals surface area contributed by atoms with Gasteiger partial charge < -0.3 is 8.83 Å². The largest absolute Gasteiger partial charge is 0.456 e. The molecule has 10 rings (SSSR count). The summed E-state index contributed by atoms with van der Waals surface area (Å²) in [7, 11) is 0. The topological polar surface area (TPSA) is 82.0 Å². The lowest BCUT2D eigenvalue weighted by molar-refractivity contribution is 0.660. The molecule has 0 aliphatic rings. The molecule has 0 saturated carbocycles. The molecule has 47 heavy (non-hydrogen) atoms. The molecule has 0 unspecified atom stereocenters. The van der Waals surface area contributed by atoms with Crippen LogP contribution in [0.5, 0.6) is 0 Å². The average Bonchev–Trinajstić information content (AvgIpc) is 3.70. The second-order valence-corrected chi connectivity index (χ2v) is 12.6. The number of hydrogen-bond acceptors (Lipinski definition) is 7. The van der Waals surface area contributed by atoms with Crippen LogP contribution < -0.4 is 5.43 Å². The summed E-state index contributed by atoms with van der Waals surface area (Å²) in [6, 6.07) is 41.4. The van der Waals surface area contributed by atoms with E-state index in [0.29, 0.717) is 39.4 Å². The van der Waals surface area contributed by atoms with E-state index in [2.05, 4.69) is 36.4 Å². The quantitative estimate of drug-likeness (QED) is 0.182. The third-order valence-corrected chi connectivity index (χ3v) is 9.94. The number of nitrogens with zero attached hydrogens (tertiary/aromatic N) is 3. The lowest BCUT2D eigenvalue weighted by Crippen LogP contribution is -2.03. The lowest BCUT2D eigenvalue weighted by Gasteiger charge is -2.10. The fourth-order valence-electron chi connectivity index (χ4n) is 6.51. The van der Waals surface area contributed by atoms with Gasteiger partial charge in [-0.3, -0.25) is 4.79 Å². The maximum Gasteiger partial charge on any atom is 0.200 e. The molecule has 0 spiro atoms. The molecule has 6 aromatic carbocycles. The van der Waals surface area contributed by atoms with Crippen LogP contribution >= 0.6 is 11.3 Å². The van der Waals surface area contributed by atoms with Crippen LogP contribution in [0.1, 0.15) is 0 Å². The van der Waals surface area contributed by atoms with Crippen molar-refractivity contribution in [2.45, 2.75) is 0 Å². The van der Waals surface area contributed by atoms with E-state index in [4.69, 9.17) is 23.8 Å². The van der Waals surface area contributed by atoms with Gasteiger partial charge in [-0.15, -0.1) is 11.3 Å². The van der Waals surface area contributed by atoms with Crippen molar-refractivity contribution in [2.24, 2.45) is 0 Å². The highest BCUT2D eigenvalue weighted by atomic mass is 32.1. The van der Waals surface area contributed by atoms with Crippen LogP contribution in [0.25, 0.3) is 98.2 Å². The number of furan rings is 1. The van der Waals surface area contributed by atoms with E-state index in [-0.39, 0.29) is 5.43 Å². The van der Waals surface area contributed by atoms with Crippen molar-refractivity contribution >= 4 is 75.4 Å². The van der Waals surface area contributed by atoms with E-state index >= 15 is 0 Å². The standard InChI is InChI=1S/C40H21N3O3S/c44-35-25-13-5-8-16-31(25)45-32-20-23(18-19-26(32)35)39-41-38(22-10-2-1-3-11-22)42-40(43-39)29-21-28-24-12-4-7-15-30(24)46-36(28)34-27-14-6-9-17-33(27)47-37(29)34/h1-21H. The number of para-hydroxylation sites is 2. The first kappa shape index (κ1) is 26.1. The van der Waals surface area contributed by atoms with Gasteiger partial charge in [-0.2, -0.15) is 0 Å². The van der Waals surface area contributed by atoms with Gasteiger partial charge in [0.05, 0.1) is 15.5 Å². The molecular weight excluding hydrogens is 603 g/mol. The van der Waals surface area contributed by atoms with Gasteiger partial charge in [0.1, 0.15) is 22.3 Å². The predicted molar refractivity (Wildman–Crippen MR) is 190 cm³/mol. The summed E-state index contributed by atoms with van der Waals surface area (Å²) in [6.45, 7) is 0. The van der Waals surface area contributed by atoms with E-state index in [0.717, 1.165) is 58.8 Å². The van der Waals surface area contributed by atoms with Gasteiger partial charge in [-0.1, -0.05) is 84.9 Å². The van der Waals surface area contributed by atoms with E-state index in [9.17, 15) is 4.79 Å². The molecule has 0 radical (unpaired) electrons. The van der Waals surface area contributed by atoms with Gasteiger partial charge in [0, 0.05) is 42.9 Å². The molecule has 0 fully saturated rings. The molecule has 10 aromatic rings. The monoisotopic (exact) mass is 623 g/mol. The number of rotatable bonds is 3. The highest BCUT2D eigenvalue weighted by molar-refractivity contribution is 7.26. The molecule has 4 aromatic heterocycles. The van der Waals surface area contributed by atoms with Crippen molar-refractivity contribution in [3.8, 4) is 34.2 Å². The Balaban J connectivity index is 1.28. The van der Waals surface area contributed by atoms with Crippen molar-refractivity contribution in [2.75, 3.05) is 0 Å². The van der Waals surface area contributed by atoms with Crippen LogP contribution in [0.3, 0.4) is 0 Å². The van der Waals surface area contributed by atoms with Crippen molar-refractivity contribution in [1.82, 2.24) is 15.0 Å². The lowest BCUT2D eigenvalue weighted by atomic mass is 10.0. The Hall–Kier alpha value is -6.18. The zero-order valence-corrected chi connectivity index (χ0v) is 25.4. The van der Waals surface area contributed by atoms with Crippen LogP contribution in [-0.2, 0) is 0 Å². The van der Waals surface area contributed by atoms with Crippen molar-refractivity contribution < 1.29 is 8.83 Å². The zero-order valence-electron chi connectivity index (χ0n) is 24.6. The van der Waals surface area contributed by atoms with Crippen molar-refractivity contribution in [3.63, 3.8) is 0 Å². The van der Waals surface area contributed by atoms with Gasteiger partial charge in [-0.25, -0.2) is 15.0 Å². The third-order valence-electron chi connectivity index (χ3n) is 8.73. The molecule has 0 atom stereocenters. The minimum atomic E-state index is -0.0671. The van der Waals surface area contributed by atoms with E-state index in [1.807, 2.05) is 78.9 Å². The number of aromatic nitrogens is 3. The molecule has 0 aliphatic carbocycles. The summed E-state index contributed by atoms with van der Waals surface area (Å²) in [5.74, 6) is 1.59. The Morgan fingerprint density at radius 1 is 0.489 bits per heavy atom. The van der Waals surface area contributed by atoms with Gasteiger partial charge >= 0.3 is 0 Å². The van der Waals surface area contributed by atoms with Gasteiger partial charge in [0.2, 0.25) is 5.43 Å². The van der Waals surface area contributed by atoms with Gasteiger partial charge in [-0.05, 0) is 42.5 Å². The van der Waals surface area contributed by atoms with Crippen LogP contribution in [0.15, 0.2) is 141 Å². The highest BCUT2D eigenvalue weighted by Gasteiger charge is 2.22. The van der Waals surface area contributed by atoms with Gasteiger partial charge in [0.15, 0.2) is 17.5 Å². The van der Waals surface area contributed by atoms with E-state index in [1.54, 1.807) is 23.5 Å². The average molecular weight is 624 g/mol. The third kappa shape index (κ3) is 3.97. The summed E-state index contributed by atoms with van der Waals surface area (Å²) in [4.78, 5) is 28.4. The zero-order chi connectivity index (χ0) is 31.1. The minimum absolute atomic E-state index is 0.0671. The Morgan fingerprint density at radius 2 is 1.13 bits per heavy atom. The second kappa shape index (κ2) is 9.91. The van der Waals surface area contributed by atoms with Crippen molar-refractivity contribution in [3.05, 3.63) is 138 Å². The van der Waals surface area contributed by atoms with E-state index in [1.165, 1.54) is 0 Å². The summed E-state index contributed by atoms with van der Waals surface area (Å²) in [6.07, 6.45) is 0. The maximum absolute atomic E-state index is 13.3. The molecule has 6 nitrogen and oxygen atoms in total. The molecule has 0 saturated heterocycles. The Morgan fingerprint density at radius 3 is 1.96 bits per heavy atom. The smallest absolute Gasteiger partial charge is 0.200 e. The summed E-state index contributed by atoms with van der Waals surface area (Å²) in [5.41, 5.74) is 5.14. The van der Waals surface area contributed by atoms with Crippen LogP contribution in [0, 0.1) is 0 Å². The summed E-state index contributed by atoms with van der Waals surface area (Å²) in [5, 5.41) is 5.29. The highest BCUT2D eigenvalue weighted by Crippen LogP contribution is 2.46. The molecule has 220 valence electrons. The molecule has 0 amide bonds. The maximum atomic E-state index is 13.3. The number of thiophene rings is 1. The normalized spacial score (nSPS) is 11.9. The first-order valence-electron chi connectivity index (χ1n) is 15.2. The predicted octanol–water partition coefficient (Wildman–Crippen LogP) is 10.4. The molecule has 0 bridgehead atoms. The molecule has 0 N–H and O–H groups in total. The Bertz CT molecular complexity index is 2940. The first-order chi connectivity index (χ1) is 23.2. The SMILES string of the molecule is O=c1c2ccccc2oc2cc(-c3nc(-c4ccccc4)nc(-c4cc5c6ccccc6oc5c5c4sc4ccccc45)n3)ccc12.